The van der Waals surface area contributed by atoms with Crippen LogP contribution in [0.4, 0.5) is 11.4 Å². The van der Waals surface area contributed by atoms with E-state index >= 15 is 0 Å². The number of nitrogens with zero attached hydrogens (tertiary/aromatic N) is 2. The van der Waals surface area contributed by atoms with Crippen molar-refractivity contribution in [3.8, 4) is 0 Å². The lowest BCUT2D eigenvalue weighted by atomic mass is 9.81. The van der Waals surface area contributed by atoms with E-state index in [1.165, 1.54) is 9.48 Å². The highest BCUT2D eigenvalue weighted by molar-refractivity contribution is 7.85. The number of rotatable bonds is 6. The van der Waals surface area contributed by atoms with Gasteiger partial charge in [-0.25, -0.2) is 16.8 Å². The third-order valence-corrected chi connectivity index (χ3v) is 7.83. The normalized spacial score (nSPS) is 20.1. The van der Waals surface area contributed by atoms with Crippen LogP contribution in [0.2, 0.25) is 0 Å². The SMILES string of the molecule is CC1(C)C(=CC=CC2=[N+](CS(=O)(=O)[O-])c3ccccc3C2(C)C)N(CS(=O)(=O)[O-])c2ccccc21. The lowest BCUT2D eigenvalue weighted by Gasteiger charge is -2.27. The summed E-state index contributed by atoms with van der Waals surface area (Å²) in [7, 11) is -9.12. The van der Waals surface area contributed by atoms with Crippen molar-refractivity contribution in [3.05, 3.63) is 83.6 Å². The Kier molecular flexibility index (Phi) is 6.08. The van der Waals surface area contributed by atoms with Gasteiger partial charge in [-0.15, -0.1) is 0 Å². The molecule has 2 heterocycles. The molecule has 2 aromatic carbocycles. The number of hydrogen-bond donors (Lipinski definition) is 0. The van der Waals surface area contributed by atoms with Gasteiger partial charge in [-0.1, -0.05) is 56.3 Å². The zero-order chi connectivity index (χ0) is 25.8. The lowest BCUT2D eigenvalue weighted by Crippen LogP contribution is -2.31. The first kappa shape index (κ1) is 25.3. The van der Waals surface area contributed by atoms with Crippen LogP contribution >= 0.6 is 0 Å². The number of para-hydroxylation sites is 2. The molecule has 0 spiro atoms. The summed E-state index contributed by atoms with van der Waals surface area (Å²) in [5, 5.41) is 0. The summed E-state index contributed by atoms with van der Waals surface area (Å²) in [6, 6.07) is 14.6. The van der Waals surface area contributed by atoms with Crippen molar-refractivity contribution < 1.29 is 30.5 Å². The van der Waals surface area contributed by atoms with Crippen LogP contribution in [0.25, 0.3) is 0 Å². The average molecular weight is 516 g/mol. The molecule has 4 rings (SSSR count). The average Bonchev–Trinajstić information content (AvgIpc) is 3.07. The molecule has 0 radical (unpaired) electrons. The highest BCUT2D eigenvalue weighted by atomic mass is 32.2. The van der Waals surface area contributed by atoms with Crippen molar-refractivity contribution >= 4 is 37.3 Å². The molecule has 0 unspecified atom stereocenters. The van der Waals surface area contributed by atoms with E-state index in [1.807, 2.05) is 52.0 Å². The van der Waals surface area contributed by atoms with E-state index in [0.29, 0.717) is 22.8 Å². The Labute approximate surface area is 206 Å². The minimum absolute atomic E-state index is 0.581. The van der Waals surface area contributed by atoms with Crippen LogP contribution in [-0.4, -0.2) is 48.0 Å². The Morgan fingerprint density at radius 2 is 1.46 bits per heavy atom. The smallest absolute Gasteiger partial charge is 0.237 e. The molecule has 0 N–H and O–H groups in total. The predicted octanol–water partition coefficient (Wildman–Crippen LogP) is 3.31. The van der Waals surface area contributed by atoms with Crippen molar-refractivity contribution in [2.75, 3.05) is 16.7 Å². The van der Waals surface area contributed by atoms with Crippen LogP contribution in [0, 0.1) is 0 Å². The monoisotopic (exact) mass is 515 g/mol. The van der Waals surface area contributed by atoms with E-state index in [2.05, 4.69) is 0 Å². The molecule has 0 bridgehead atoms. The van der Waals surface area contributed by atoms with Crippen molar-refractivity contribution in [2.45, 2.75) is 38.5 Å². The number of allylic oxidation sites excluding steroid dienone is 4. The fourth-order valence-corrected chi connectivity index (χ4v) is 6.30. The minimum Gasteiger partial charge on any atom is -0.747 e. The third kappa shape index (κ3) is 4.71. The molecule has 0 aliphatic carbocycles. The van der Waals surface area contributed by atoms with Gasteiger partial charge in [0.2, 0.25) is 11.6 Å². The molecule has 0 saturated heterocycles. The van der Waals surface area contributed by atoms with E-state index < -0.39 is 42.8 Å². The molecule has 2 aliphatic heterocycles. The van der Waals surface area contributed by atoms with Gasteiger partial charge in [-0.2, -0.15) is 4.58 Å². The Hall–Kier alpha value is -2.79. The van der Waals surface area contributed by atoms with Gasteiger partial charge in [0.15, 0.2) is 15.8 Å². The van der Waals surface area contributed by atoms with E-state index in [1.54, 1.807) is 42.5 Å². The third-order valence-electron chi connectivity index (χ3n) is 6.68. The van der Waals surface area contributed by atoms with E-state index in [9.17, 15) is 25.9 Å². The first-order valence-corrected chi connectivity index (χ1v) is 14.2. The minimum atomic E-state index is -4.56. The van der Waals surface area contributed by atoms with Gasteiger partial charge in [-0.05, 0) is 31.6 Å². The molecule has 0 saturated carbocycles. The predicted molar refractivity (Wildman–Crippen MR) is 133 cm³/mol. The Morgan fingerprint density at radius 3 is 2.09 bits per heavy atom. The number of fused-ring (bicyclic) bond motifs is 2. The number of hydrogen-bond acceptors (Lipinski definition) is 7. The Morgan fingerprint density at radius 1 is 0.857 bits per heavy atom. The second-order valence-electron chi connectivity index (χ2n) is 9.81. The van der Waals surface area contributed by atoms with Crippen LogP contribution in [0.15, 0.2) is 72.5 Å². The molecule has 35 heavy (non-hydrogen) atoms. The van der Waals surface area contributed by atoms with Crippen LogP contribution in [0.1, 0.15) is 38.8 Å². The van der Waals surface area contributed by atoms with Crippen LogP contribution in [0.5, 0.6) is 0 Å². The van der Waals surface area contributed by atoms with Gasteiger partial charge in [-0.3, -0.25) is 0 Å². The highest BCUT2D eigenvalue weighted by Crippen LogP contribution is 2.47. The molecule has 8 nitrogen and oxygen atoms in total. The fourth-order valence-electron chi connectivity index (χ4n) is 5.11. The topological polar surface area (TPSA) is 121 Å². The second kappa shape index (κ2) is 8.41. The van der Waals surface area contributed by atoms with E-state index in [0.717, 1.165) is 11.1 Å². The zero-order valence-corrected chi connectivity index (χ0v) is 21.6. The molecule has 0 fully saturated rings. The molecule has 2 aromatic rings. The van der Waals surface area contributed by atoms with E-state index in [4.69, 9.17) is 0 Å². The van der Waals surface area contributed by atoms with Crippen LogP contribution < -0.4 is 4.90 Å². The standard InChI is InChI=1S/C25H28N2O6S2/c1-24(2)18-10-5-7-12-20(18)26(16-34(28,29)30)22(24)14-9-15-23-25(3,4)19-11-6-8-13-21(19)27(23)17-35(31,32)33/h5-15H,16-17H2,1-4H3,(H-,28,29,30,31,32,33)/p-1. The summed E-state index contributed by atoms with van der Waals surface area (Å²) < 4.78 is 71.6. The summed E-state index contributed by atoms with van der Waals surface area (Å²) in [4.78, 5) is 1.50. The van der Waals surface area contributed by atoms with Gasteiger partial charge < -0.3 is 14.0 Å². The molecular weight excluding hydrogens is 488 g/mol. The van der Waals surface area contributed by atoms with Crippen molar-refractivity contribution in [3.63, 3.8) is 0 Å². The van der Waals surface area contributed by atoms with Crippen molar-refractivity contribution in [1.82, 2.24) is 0 Å². The Bertz CT molecular complexity index is 1500. The zero-order valence-electron chi connectivity index (χ0n) is 19.9. The molecule has 186 valence electrons. The fraction of sp³-hybridized carbons (Fsp3) is 0.320. The summed E-state index contributed by atoms with van der Waals surface area (Å²) >= 11 is 0. The number of benzene rings is 2. The Balaban J connectivity index is 1.83. The van der Waals surface area contributed by atoms with Gasteiger partial charge in [0.1, 0.15) is 16.0 Å². The summed E-state index contributed by atoms with van der Waals surface area (Å²) in [5.74, 6) is -1.41. The molecular formula is C25H27N2O6S2-. The molecule has 0 amide bonds. The van der Waals surface area contributed by atoms with Gasteiger partial charge >= 0.3 is 0 Å². The second-order valence-corrected chi connectivity index (χ2v) is 12.6. The summed E-state index contributed by atoms with van der Waals surface area (Å²) in [5.41, 5.74) is 3.16. The van der Waals surface area contributed by atoms with E-state index in [-0.39, 0.29) is 0 Å². The maximum absolute atomic E-state index is 11.7. The molecule has 0 aromatic heterocycles. The van der Waals surface area contributed by atoms with Crippen LogP contribution in [-0.2, 0) is 31.1 Å². The largest absolute Gasteiger partial charge is 0.747 e. The molecule has 2 aliphatic rings. The maximum Gasteiger partial charge on any atom is 0.237 e. The van der Waals surface area contributed by atoms with Crippen LogP contribution in [0.3, 0.4) is 0 Å². The lowest BCUT2D eigenvalue weighted by molar-refractivity contribution is -0.416. The van der Waals surface area contributed by atoms with Gasteiger partial charge in [0.05, 0.1) is 5.41 Å². The highest BCUT2D eigenvalue weighted by Gasteiger charge is 2.45. The van der Waals surface area contributed by atoms with Gasteiger partial charge in [0, 0.05) is 34.5 Å². The molecule has 0 atom stereocenters. The first-order valence-electron chi connectivity index (χ1n) is 11.0. The summed E-state index contributed by atoms with van der Waals surface area (Å²) in [6.45, 7) is 7.78. The van der Waals surface area contributed by atoms with Crippen molar-refractivity contribution in [1.29, 1.82) is 0 Å². The molecule has 10 heteroatoms. The first-order chi connectivity index (χ1) is 16.1. The quantitative estimate of drug-likeness (QED) is 0.427. The van der Waals surface area contributed by atoms with Gasteiger partial charge in [0.25, 0.3) is 0 Å². The maximum atomic E-state index is 11.7. The number of anilines is 1. The summed E-state index contributed by atoms with van der Waals surface area (Å²) in [6.07, 6.45) is 5.18. The van der Waals surface area contributed by atoms with Crippen molar-refractivity contribution in [2.24, 2.45) is 0 Å².